The van der Waals surface area contributed by atoms with E-state index in [0.29, 0.717) is 40.2 Å². The number of rotatable bonds is 9. The fraction of sp³-hybridized carbons (Fsp3) is 0.500. The average Bonchev–Trinajstić information content (AvgIpc) is 3.30. The van der Waals surface area contributed by atoms with Gasteiger partial charge in [0.25, 0.3) is 10.0 Å². The van der Waals surface area contributed by atoms with Crippen molar-refractivity contribution in [3.05, 3.63) is 40.1 Å². The lowest BCUT2D eigenvalue weighted by molar-refractivity contribution is -0.117. The third kappa shape index (κ3) is 6.05. The van der Waals surface area contributed by atoms with Crippen molar-refractivity contribution in [2.24, 2.45) is 0 Å². The van der Waals surface area contributed by atoms with Gasteiger partial charge in [-0.25, -0.2) is 8.42 Å². The van der Waals surface area contributed by atoms with E-state index in [1.165, 1.54) is 17.3 Å². The summed E-state index contributed by atoms with van der Waals surface area (Å²) in [5.41, 5.74) is 1.04. The van der Waals surface area contributed by atoms with Crippen LogP contribution in [0.15, 0.2) is 24.5 Å². The number of hydrogen-bond acceptors (Lipinski definition) is 6. The normalized spacial score (nSPS) is 17.2. The van der Waals surface area contributed by atoms with Gasteiger partial charge in [-0.05, 0) is 18.2 Å². The van der Waals surface area contributed by atoms with Gasteiger partial charge in [0.2, 0.25) is 5.91 Å². The van der Waals surface area contributed by atoms with Crippen LogP contribution in [0.2, 0.25) is 35.7 Å². The Balaban J connectivity index is 1.76. The molecule has 0 aliphatic carbocycles. The van der Waals surface area contributed by atoms with Gasteiger partial charge in [0.15, 0.2) is 6.79 Å². The minimum atomic E-state index is -3.54. The number of aromatic nitrogens is 2. The molecule has 8 nitrogen and oxygen atoms in total. The first-order valence-electron chi connectivity index (χ1n) is 10.1. The maximum absolute atomic E-state index is 12.7. The fourth-order valence-corrected chi connectivity index (χ4v) is 5.11. The standard InChI is InChI=1S/C20H27Cl2N3O5SSi/c1-31(27,28)25-12-15(10-23-25)24-11-14(9-18(24)26)19-17(6-5-16(21)20(19)22)30-13-29-7-8-32(2,3)4/h5-6,10,12,14H,7-9,11,13H2,1-4H3/t14-/m0/s1. The molecule has 176 valence electrons. The maximum Gasteiger partial charge on any atom is 0.250 e. The highest BCUT2D eigenvalue weighted by molar-refractivity contribution is 7.89. The minimum absolute atomic E-state index is 0.0704. The van der Waals surface area contributed by atoms with E-state index in [-0.39, 0.29) is 25.0 Å². The van der Waals surface area contributed by atoms with Crippen molar-refractivity contribution in [3.8, 4) is 5.75 Å². The smallest absolute Gasteiger partial charge is 0.250 e. The van der Waals surface area contributed by atoms with Crippen LogP contribution >= 0.6 is 23.2 Å². The summed E-state index contributed by atoms with van der Waals surface area (Å²) < 4.78 is 35.7. The zero-order valence-electron chi connectivity index (χ0n) is 18.5. The molecule has 1 atom stereocenters. The predicted molar refractivity (Wildman–Crippen MR) is 128 cm³/mol. The summed E-state index contributed by atoms with van der Waals surface area (Å²) in [5, 5.41) is 4.53. The topological polar surface area (TPSA) is 90.7 Å². The number of nitrogens with zero attached hydrogens (tertiary/aromatic N) is 3. The predicted octanol–water partition coefficient (Wildman–Crippen LogP) is 4.21. The van der Waals surface area contributed by atoms with Crippen LogP contribution in [0.1, 0.15) is 17.9 Å². The summed E-state index contributed by atoms with van der Waals surface area (Å²) in [4.78, 5) is 14.2. The van der Waals surface area contributed by atoms with Gasteiger partial charge < -0.3 is 14.4 Å². The first-order chi connectivity index (χ1) is 14.9. The molecular formula is C20H27Cl2N3O5SSi. The number of hydrogen-bond donors (Lipinski definition) is 0. The van der Waals surface area contributed by atoms with E-state index < -0.39 is 18.1 Å². The number of anilines is 1. The first-order valence-corrected chi connectivity index (χ1v) is 16.4. The summed E-state index contributed by atoms with van der Waals surface area (Å²) >= 11 is 12.8. The van der Waals surface area contributed by atoms with E-state index >= 15 is 0 Å². The van der Waals surface area contributed by atoms with E-state index in [2.05, 4.69) is 24.7 Å². The number of carbonyl (C=O) groups excluding carboxylic acids is 1. The number of ether oxygens (including phenoxy) is 2. The Bertz CT molecular complexity index is 1100. The quantitative estimate of drug-likeness (QED) is 0.280. The van der Waals surface area contributed by atoms with Crippen molar-refractivity contribution < 1.29 is 22.7 Å². The Hall–Kier alpha value is -1.59. The lowest BCUT2D eigenvalue weighted by atomic mass is 9.97. The second-order valence-electron chi connectivity index (χ2n) is 8.99. The molecule has 3 rings (SSSR count). The first kappa shape index (κ1) is 25.0. The van der Waals surface area contributed by atoms with Gasteiger partial charge in [-0.1, -0.05) is 42.8 Å². The molecule has 2 heterocycles. The molecule has 1 aromatic carbocycles. The molecule has 1 saturated heterocycles. The van der Waals surface area contributed by atoms with Crippen molar-refractivity contribution in [3.63, 3.8) is 0 Å². The van der Waals surface area contributed by atoms with Crippen molar-refractivity contribution in [1.82, 2.24) is 9.19 Å². The van der Waals surface area contributed by atoms with Gasteiger partial charge in [-0.2, -0.15) is 9.19 Å². The Morgan fingerprint density at radius 3 is 2.59 bits per heavy atom. The summed E-state index contributed by atoms with van der Waals surface area (Å²) in [5.74, 6) is 0.0579. The second kappa shape index (κ2) is 9.72. The van der Waals surface area contributed by atoms with Gasteiger partial charge in [0, 0.05) is 39.1 Å². The fourth-order valence-electron chi connectivity index (χ4n) is 3.36. The molecule has 1 fully saturated rings. The second-order valence-corrected chi connectivity index (χ2v) is 17.2. The van der Waals surface area contributed by atoms with E-state index in [9.17, 15) is 13.2 Å². The Labute approximate surface area is 199 Å². The number of benzene rings is 1. The lowest BCUT2D eigenvalue weighted by Crippen LogP contribution is -2.24. The van der Waals surface area contributed by atoms with Crippen LogP contribution in [-0.2, 0) is 19.6 Å². The molecule has 0 N–H and O–H groups in total. The molecule has 1 amide bonds. The van der Waals surface area contributed by atoms with Crippen LogP contribution in [-0.4, -0.2) is 57.8 Å². The molecule has 0 unspecified atom stereocenters. The number of halogens is 2. The monoisotopic (exact) mass is 519 g/mol. The lowest BCUT2D eigenvalue weighted by Gasteiger charge is -2.20. The largest absolute Gasteiger partial charge is 0.467 e. The molecule has 0 radical (unpaired) electrons. The summed E-state index contributed by atoms with van der Waals surface area (Å²) in [6.07, 6.45) is 3.89. The van der Waals surface area contributed by atoms with Gasteiger partial charge in [-0.3, -0.25) is 4.79 Å². The Morgan fingerprint density at radius 1 is 1.25 bits per heavy atom. The van der Waals surface area contributed by atoms with Crippen molar-refractivity contribution in [1.29, 1.82) is 0 Å². The molecule has 0 bridgehead atoms. The highest BCUT2D eigenvalue weighted by Crippen LogP contribution is 2.43. The van der Waals surface area contributed by atoms with Gasteiger partial charge in [0.05, 0.1) is 34.4 Å². The van der Waals surface area contributed by atoms with Gasteiger partial charge in [-0.15, -0.1) is 0 Å². The number of amides is 1. The summed E-state index contributed by atoms with van der Waals surface area (Å²) in [6, 6.07) is 4.40. The van der Waals surface area contributed by atoms with Crippen LogP contribution in [0.5, 0.6) is 5.75 Å². The Morgan fingerprint density at radius 2 is 1.97 bits per heavy atom. The van der Waals surface area contributed by atoms with Crippen LogP contribution in [0.25, 0.3) is 0 Å². The highest BCUT2D eigenvalue weighted by atomic mass is 35.5. The minimum Gasteiger partial charge on any atom is -0.467 e. The van der Waals surface area contributed by atoms with Crippen molar-refractivity contribution >= 4 is 52.9 Å². The molecule has 0 saturated carbocycles. The van der Waals surface area contributed by atoms with Crippen LogP contribution in [0, 0.1) is 0 Å². The summed E-state index contributed by atoms with van der Waals surface area (Å²) in [6.45, 7) is 7.80. The highest BCUT2D eigenvalue weighted by Gasteiger charge is 2.36. The van der Waals surface area contributed by atoms with E-state index in [0.717, 1.165) is 16.4 Å². The van der Waals surface area contributed by atoms with Crippen LogP contribution in [0.4, 0.5) is 5.69 Å². The third-order valence-electron chi connectivity index (χ3n) is 5.12. The number of carbonyl (C=O) groups is 1. The van der Waals surface area contributed by atoms with E-state index in [1.807, 2.05) is 0 Å². The molecule has 1 aliphatic rings. The molecule has 1 aromatic heterocycles. The van der Waals surface area contributed by atoms with Crippen LogP contribution in [0.3, 0.4) is 0 Å². The molecule has 12 heteroatoms. The van der Waals surface area contributed by atoms with Crippen LogP contribution < -0.4 is 9.64 Å². The molecular weight excluding hydrogens is 493 g/mol. The van der Waals surface area contributed by atoms with Gasteiger partial charge in [0.1, 0.15) is 5.75 Å². The molecule has 1 aliphatic heterocycles. The Kier molecular flexibility index (Phi) is 7.61. The van der Waals surface area contributed by atoms with Crippen molar-refractivity contribution in [2.45, 2.75) is 38.0 Å². The van der Waals surface area contributed by atoms with Crippen molar-refractivity contribution in [2.75, 3.05) is 31.1 Å². The van der Waals surface area contributed by atoms with E-state index in [1.54, 1.807) is 12.1 Å². The van der Waals surface area contributed by atoms with E-state index in [4.69, 9.17) is 32.7 Å². The maximum atomic E-state index is 12.7. The molecule has 0 spiro atoms. The molecule has 2 aromatic rings. The average molecular weight is 521 g/mol. The zero-order chi connectivity index (χ0) is 23.7. The SMILES string of the molecule is C[Si](C)(C)CCOCOc1ccc(Cl)c(Cl)c1[C@H]1CC(=O)N(c2cnn(S(C)(=O)=O)c2)C1. The molecule has 32 heavy (non-hydrogen) atoms. The zero-order valence-corrected chi connectivity index (χ0v) is 21.8. The van der Waals surface area contributed by atoms with Gasteiger partial charge >= 0.3 is 0 Å². The third-order valence-corrected chi connectivity index (χ3v) is 8.52. The summed E-state index contributed by atoms with van der Waals surface area (Å²) in [7, 11) is -4.74.